The lowest BCUT2D eigenvalue weighted by Gasteiger charge is -2.26. The van der Waals surface area contributed by atoms with Gasteiger partial charge in [-0.2, -0.15) is 0 Å². The molecule has 1 heterocycles. The van der Waals surface area contributed by atoms with Gasteiger partial charge in [-0.3, -0.25) is 9.59 Å². The number of ether oxygens (including phenoxy) is 1. The lowest BCUT2D eigenvalue weighted by molar-refractivity contribution is -0.140. The normalized spacial score (nSPS) is 17.8. The SMILES string of the molecule is CCCCOc1ccc(C(O)=C2C(=O)C(=O)N(CCN(C)C)[C@@H]2c2ccc(F)cc2)cc1C. The van der Waals surface area contributed by atoms with E-state index in [0.717, 1.165) is 18.4 Å². The lowest BCUT2D eigenvalue weighted by atomic mass is 9.94. The number of aliphatic hydroxyl groups excluding tert-OH is 1. The summed E-state index contributed by atoms with van der Waals surface area (Å²) < 4.78 is 19.3. The molecule has 1 aliphatic rings. The minimum absolute atomic E-state index is 0.00409. The first-order chi connectivity index (χ1) is 15.7. The van der Waals surface area contributed by atoms with Gasteiger partial charge in [-0.1, -0.05) is 25.5 Å². The first-order valence-corrected chi connectivity index (χ1v) is 11.2. The molecule has 176 valence electrons. The Bertz CT molecular complexity index is 1050. The van der Waals surface area contributed by atoms with Crippen LogP contribution in [0.5, 0.6) is 5.75 Å². The van der Waals surface area contributed by atoms with Crippen LogP contribution in [0.3, 0.4) is 0 Å². The number of aliphatic hydroxyl groups is 1. The molecular formula is C26H31FN2O4. The van der Waals surface area contributed by atoms with E-state index in [1.165, 1.54) is 29.2 Å². The fraction of sp³-hybridized carbons (Fsp3) is 0.385. The lowest BCUT2D eigenvalue weighted by Crippen LogP contribution is -2.35. The maximum atomic E-state index is 13.6. The number of nitrogens with zero attached hydrogens (tertiary/aromatic N) is 2. The molecule has 2 aromatic carbocycles. The molecule has 1 fully saturated rings. The zero-order valence-corrected chi connectivity index (χ0v) is 19.6. The Hall–Kier alpha value is -3.19. The van der Waals surface area contributed by atoms with Gasteiger partial charge in [-0.05, 0) is 68.9 Å². The smallest absolute Gasteiger partial charge is 0.295 e. The molecule has 6 nitrogen and oxygen atoms in total. The molecule has 2 aromatic rings. The van der Waals surface area contributed by atoms with Gasteiger partial charge in [0.05, 0.1) is 18.2 Å². The van der Waals surface area contributed by atoms with Crippen molar-refractivity contribution >= 4 is 17.4 Å². The highest BCUT2D eigenvalue weighted by atomic mass is 19.1. The Morgan fingerprint density at radius 1 is 1.15 bits per heavy atom. The molecule has 3 rings (SSSR count). The number of benzene rings is 2. The minimum Gasteiger partial charge on any atom is -0.507 e. The van der Waals surface area contributed by atoms with Crippen LogP contribution in [0.15, 0.2) is 48.0 Å². The molecular weight excluding hydrogens is 423 g/mol. The second kappa shape index (κ2) is 10.6. The van der Waals surface area contributed by atoms with Crippen LogP contribution in [-0.2, 0) is 9.59 Å². The quantitative estimate of drug-likeness (QED) is 0.265. The predicted octanol–water partition coefficient (Wildman–Crippen LogP) is 4.30. The predicted molar refractivity (Wildman–Crippen MR) is 126 cm³/mol. The summed E-state index contributed by atoms with van der Waals surface area (Å²) in [5.74, 6) is -1.39. The number of rotatable bonds is 9. The van der Waals surface area contributed by atoms with Gasteiger partial charge >= 0.3 is 0 Å². The van der Waals surface area contributed by atoms with E-state index in [4.69, 9.17) is 4.74 Å². The van der Waals surface area contributed by atoms with Crippen molar-refractivity contribution in [2.45, 2.75) is 32.7 Å². The van der Waals surface area contributed by atoms with Gasteiger partial charge < -0.3 is 19.6 Å². The Balaban J connectivity index is 2.04. The largest absolute Gasteiger partial charge is 0.507 e. The molecule has 1 N–H and O–H groups in total. The number of halogens is 1. The standard InChI is InChI=1S/C26H31FN2O4/c1-5-6-15-33-21-12-9-19(16-17(21)2)24(30)22-23(18-7-10-20(27)11-8-18)29(14-13-28(3)4)26(32)25(22)31/h7-12,16,23,30H,5-6,13-15H2,1-4H3/t23-/m1/s1. The van der Waals surface area contributed by atoms with Crippen molar-refractivity contribution < 1.29 is 23.8 Å². The van der Waals surface area contributed by atoms with Crippen molar-refractivity contribution in [1.82, 2.24) is 9.80 Å². The van der Waals surface area contributed by atoms with E-state index in [-0.39, 0.29) is 11.3 Å². The molecule has 0 unspecified atom stereocenters. The highest BCUT2D eigenvalue weighted by Gasteiger charge is 2.45. The third kappa shape index (κ3) is 5.42. The van der Waals surface area contributed by atoms with Crippen molar-refractivity contribution in [3.63, 3.8) is 0 Å². The maximum Gasteiger partial charge on any atom is 0.295 e. The Morgan fingerprint density at radius 2 is 1.85 bits per heavy atom. The van der Waals surface area contributed by atoms with Crippen LogP contribution < -0.4 is 4.74 Å². The second-order valence-electron chi connectivity index (χ2n) is 8.53. The van der Waals surface area contributed by atoms with Gasteiger partial charge in [0.25, 0.3) is 11.7 Å². The van der Waals surface area contributed by atoms with Gasteiger partial charge in [-0.25, -0.2) is 4.39 Å². The summed E-state index contributed by atoms with van der Waals surface area (Å²) in [5.41, 5.74) is 1.81. The second-order valence-corrected chi connectivity index (χ2v) is 8.53. The van der Waals surface area contributed by atoms with Gasteiger partial charge in [0.1, 0.15) is 17.3 Å². The van der Waals surface area contributed by atoms with Crippen LogP contribution in [-0.4, -0.2) is 60.4 Å². The summed E-state index contributed by atoms with van der Waals surface area (Å²) in [6.45, 7) is 5.38. The average Bonchev–Trinajstić information content (AvgIpc) is 3.03. The van der Waals surface area contributed by atoms with Gasteiger partial charge in [-0.15, -0.1) is 0 Å². The molecule has 7 heteroatoms. The summed E-state index contributed by atoms with van der Waals surface area (Å²) in [5, 5.41) is 11.2. The Kier molecular flexibility index (Phi) is 7.87. The summed E-state index contributed by atoms with van der Waals surface area (Å²) in [7, 11) is 3.74. The summed E-state index contributed by atoms with van der Waals surface area (Å²) in [6, 6.07) is 10.0. The Morgan fingerprint density at radius 3 is 2.45 bits per heavy atom. The van der Waals surface area contributed by atoms with Crippen LogP contribution in [0.2, 0.25) is 0 Å². The van der Waals surface area contributed by atoms with Crippen molar-refractivity contribution in [3.8, 4) is 5.75 Å². The van der Waals surface area contributed by atoms with Crippen LogP contribution in [0.4, 0.5) is 4.39 Å². The van der Waals surface area contributed by atoms with Gasteiger partial charge in [0.15, 0.2) is 0 Å². The molecule has 1 atom stereocenters. The Labute approximate surface area is 194 Å². The molecule has 1 saturated heterocycles. The molecule has 33 heavy (non-hydrogen) atoms. The molecule has 1 aliphatic heterocycles. The average molecular weight is 455 g/mol. The number of hydrogen-bond acceptors (Lipinski definition) is 5. The van der Waals surface area contributed by atoms with E-state index >= 15 is 0 Å². The molecule has 0 bridgehead atoms. The van der Waals surface area contributed by atoms with Crippen LogP contribution in [0.25, 0.3) is 5.76 Å². The number of likely N-dealkylation sites (tertiary alicyclic amines) is 1. The number of amides is 1. The van der Waals surface area contributed by atoms with Crippen molar-refractivity contribution in [2.24, 2.45) is 0 Å². The van der Waals surface area contributed by atoms with Gasteiger partial charge in [0.2, 0.25) is 0 Å². The highest BCUT2D eigenvalue weighted by molar-refractivity contribution is 6.46. The summed E-state index contributed by atoms with van der Waals surface area (Å²) in [4.78, 5) is 29.3. The zero-order valence-electron chi connectivity index (χ0n) is 19.6. The molecule has 0 spiro atoms. The number of likely N-dealkylation sites (N-methyl/N-ethyl adjacent to an activating group) is 1. The highest BCUT2D eigenvalue weighted by Crippen LogP contribution is 2.39. The first-order valence-electron chi connectivity index (χ1n) is 11.2. The van der Waals surface area contributed by atoms with Crippen molar-refractivity contribution in [1.29, 1.82) is 0 Å². The monoisotopic (exact) mass is 454 g/mol. The van der Waals surface area contributed by atoms with Crippen LogP contribution >= 0.6 is 0 Å². The number of carbonyl (C=O) groups excluding carboxylic acids is 2. The van der Waals surface area contributed by atoms with Crippen molar-refractivity contribution in [3.05, 3.63) is 70.5 Å². The fourth-order valence-corrected chi connectivity index (χ4v) is 3.85. The van der Waals surface area contributed by atoms with Crippen LogP contribution in [0.1, 0.15) is 42.5 Å². The number of hydrogen-bond donors (Lipinski definition) is 1. The van der Waals surface area contributed by atoms with E-state index in [9.17, 15) is 19.1 Å². The fourth-order valence-electron chi connectivity index (χ4n) is 3.85. The molecule has 0 radical (unpaired) electrons. The molecule has 0 aromatic heterocycles. The van der Waals surface area contributed by atoms with E-state index in [2.05, 4.69) is 6.92 Å². The maximum absolute atomic E-state index is 13.6. The number of aryl methyl sites for hydroxylation is 1. The number of unbranched alkanes of at least 4 members (excludes halogenated alkanes) is 1. The van der Waals surface area contributed by atoms with Crippen LogP contribution in [0, 0.1) is 12.7 Å². The summed E-state index contributed by atoms with van der Waals surface area (Å²) in [6.07, 6.45) is 1.96. The van der Waals surface area contributed by atoms with Gasteiger partial charge in [0, 0.05) is 18.7 Å². The molecule has 0 aliphatic carbocycles. The van der Waals surface area contributed by atoms with E-state index in [1.54, 1.807) is 18.2 Å². The van der Waals surface area contributed by atoms with E-state index in [1.807, 2.05) is 25.9 Å². The number of ketones is 1. The van der Waals surface area contributed by atoms with E-state index < -0.39 is 23.5 Å². The zero-order chi connectivity index (χ0) is 24.1. The number of carbonyl (C=O) groups is 2. The topological polar surface area (TPSA) is 70.1 Å². The first kappa shape index (κ1) is 24.5. The third-order valence-corrected chi connectivity index (χ3v) is 5.72. The summed E-state index contributed by atoms with van der Waals surface area (Å²) >= 11 is 0. The molecule has 1 amide bonds. The third-order valence-electron chi connectivity index (χ3n) is 5.72. The molecule has 0 saturated carbocycles. The van der Waals surface area contributed by atoms with E-state index in [0.29, 0.717) is 36.6 Å². The minimum atomic E-state index is -0.800. The van der Waals surface area contributed by atoms with Crippen molar-refractivity contribution in [2.75, 3.05) is 33.8 Å². The number of Topliss-reactive ketones (excluding diaryl/α,β-unsaturated/α-hetero) is 1.